The van der Waals surface area contributed by atoms with Gasteiger partial charge in [-0.2, -0.15) is 6.21 Å². The SMILES string of the molecule is [Br-].[Mg+2].[N-]=Cc1cccs1. The van der Waals surface area contributed by atoms with Gasteiger partial charge in [-0.05, 0) is 11.4 Å². The van der Waals surface area contributed by atoms with Crippen molar-refractivity contribution in [2.24, 2.45) is 0 Å². The van der Waals surface area contributed by atoms with Crippen molar-refractivity contribution in [2.45, 2.75) is 0 Å². The van der Waals surface area contributed by atoms with E-state index in [9.17, 15) is 0 Å². The van der Waals surface area contributed by atoms with E-state index in [1.54, 1.807) is 0 Å². The second-order valence-electron chi connectivity index (χ2n) is 1.14. The van der Waals surface area contributed by atoms with Gasteiger partial charge in [0.25, 0.3) is 0 Å². The number of halogens is 1. The van der Waals surface area contributed by atoms with Crippen molar-refractivity contribution >= 4 is 40.6 Å². The average molecular weight is 214 g/mol. The summed E-state index contributed by atoms with van der Waals surface area (Å²) in [6, 6.07) is 3.75. The van der Waals surface area contributed by atoms with Gasteiger partial charge >= 0.3 is 23.1 Å². The Morgan fingerprint density at radius 3 is 2.44 bits per heavy atom. The van der Waals surface area contributed by atoms with Gasteiger partial charge in [-0.1, -0.05) is 6.07 Å². The first-order chi connectivity index (χ1) is 3.43. The number of rotatable bonds is 1. The van der Waals surface area contributed by atoms with E-state index in [1.807, 2.05) is 17.5 Å². The van der Waals surface area contributed by atoms with E-state index in [2.05, 4.69) is 0 Å². The number of thiophene rings is 1. The molecule has 0 unspecified atom stereocenters. The van der Waals surface area contributed by atoms with Crippen LogP contribution in [0.15, 0.2) is 17.5 Å². The van der Waals surface area contributed by atoms with Crippen LogP contribution in [0, 0.1) is 0 Å². The topological polar surface area (TPSA) is 22.3 Å². The second kappa shape index (κ2) is 6.73. The van der Waals surface area contributed by atoms with Gasteiger partial charge in [0.2, 0.25) is 0 Å². The first kappa shape index (κ1) is 12.3. The molecule has 0 aliphatic rings. The average Bonchev–Trinajstić information content (AvgIpc) is 2.14. The summed E-state index contributed by atoms with van der Waals surface area (Å²) < 4.78 is 0. The van der Waals surface area contributed by atoms with E-state index in [0.717, 1.165) is 11.1 Å². The largest absolute Gasteiger partial charge is 2.00 e. The van der Waals surface area contributed by atoms with Gasteiger partial charge in [-0.15, -0.1) is 11.3 Å². The Morgan fingerprint density at radius 1 is 1.56 bits per heavy atom. The third-order valence-corrected chi connectivity index (χ3v) is 1.48. The molecule has 0 spiro atoms. The summed E-state index contributed by atoms with van der Waals surface area (Å²) >= 11 is 1.52. The van der Waals surface area contributed by atoms with E-state index in [-0.39, 0.29) is 40.0 Å². The molecular formula is C5H4BrMgNS. The molecule has 0 fully saturated rings. The van der Waals surface area contributed by atoms with Crippen LogP contribution in [-0.4, -0.2) is 29.3 Å². The van der Waals surface area contributed by atoms with Crippen LogP contribution in [0.5, 0.6) is 0 Å². The van der Waals surface area contributed by atoms with Crippen molar-refractivity contribution in [1.29, 1.82) is 0 Å². The summed E-state index contributed by atoms with van der Waals surface area (Å²) in [5.74, 6) is 0. The van der Waals surface area contributed by atoms with E-state index in [1.165, 1.54) is 11.3 Å². The molecule has 1 heterocycles. The maximum Gasteiger partial charge on any atom is 2.00 e. The van der Waals surface area contributed by atoms with Crippen LogP contribution in [0.4, 0.5) is 0 Å². The fourth-order valence-corrected chi connectivity index (χ4v) is 0.897. The minimum absolute atomic E-state index is 0. The van der Waals surface area contributed by atoms with Crippen molar-refractivity contribution in [3.05, 3.63) is 27.8 Å². The van der Waals surface area contributed by atoms with Gasteiger partial charge in [0.1, 0.15) is 0 Å². The van der Waals surface area contributed by atoms with Gasteiger partial charge < -0.3 is 22.4 Å². The van der Waals surface area contributed by atoms with Crippen molar-refractivity contribution in [3.63, 3.8) is 0 Å². The minimum Gasteiger partial charge on any atom is -1.00 e. The van der Waals surface area contributed by atoms with E-state index in [4.69, 9.17) is 5.41 Å². The van der Waals surface area contributed by atoms with E-state index < -0.39 is 0 Å². The summed E-state index contributed by atoms with van der Waals surface area (Å²) in [7, 11) is 0. The molecule has 0 aromatic carbocycles. The van der Waals surface area contributed by atoms with Crippen molar-refractivity contribution < 1.29 is 17.0 Å². The van der Waals surface area contributed by atoms with Crippen molar-refractivity contribution in [2.75, 3.05) is 0 Å². The molecule has 0 saturated carbocycles. The smallest absolute Gasteiger partial charge is 1.00 e. The molecule has 0 N–H and O–H groups in total. The van der Waals surface area contributed by atoms with Crippen molar-refractivity contribution in [1.82, 2.24) is 0 Å². The molecule has 0 saturated heterocycles. The zero-order valence-corrected chi connectivity index (χ0v) is 8.57. The summed E-state index contributed by atoms with van der Waals surface area (Å²) in [6.45, 7) is 0. The number of hydrogen-bond donors (Lipinski definition) is 0. The quantitative estimate of drug-likeness (QED) is 0.395. The van der Waals surface area contributed by atoms with Crippen molar-refractivity contribution in [3.8, 4) is 0 Å². The number of nitrogens with zero attached hydrogens (tertiary/aromatic N) is 1. The van der Waals surface area contributed by atoms with E-state index >= 15 is 0 Å². The molecule has 0 aliphatic heterocycles. The molecule has 0 radical (unpaired) electrons. The van der Waals surface area contributed by atoms with Gasteiger partial charge in [-0.25, -0.2) is 0 Å². The molecule has 4 heteroatoms. The first-order valence-corrected chi connectivity index (χ1v) is 2.82. The van der Waals surface area contributed by atoms with Crippen LogP contribution in [0.25, 0.3) is 5.41 Å². The number of hydrogen-bond acceptors (Lipinski definition) is 1. The maximum absolute atomic E-state index is 8.31. The van der Waals surface area contributed by atoms with Crippen LogP contribution in [0.2, 0.25) is 0 Å². The maximum atomic E-state index is 8.31. The molecule has 0 amide bonds. The fourth-order valence-electron chi connectivity index (χ4n) is 0.365. The third-order valence-electron chi connectivity index (χ3n) is 0.670. The van der Waals surface area contributed by atoms with Crippen LogP contribution >= 0.6 is 11.3 Å². The normalized spacial score (nSPS) is 6.67. The summed E-state index contributed by atoms with van der Waals surface area (Å²) in [5, 5.41) is 10.2. The Kier molecular flexibility index (Phi) is 9.21. The van der Waals surface area contributed by atoms with Crippen LogP contribution in [0.1, 0.15) is 4.88 Å². The Labute approximate surface area is 84.9 Å². The van der Waals surface area contributed by atoms with Gasteiger partial charge in [-0.3, -0.25) is 0 Å². The molecular weight excluding hydrogens is 210 g/mol. The van der Waals surface area contributed by atoms with Gasteiger partial charge in [0, 0.05) is 4.88 Å². The molecule has 44 valence electrons. The predicted octanol–water partition coefficient (Wildman–Crippen LogP) is -1.64. The predicted molar refractivity (Wildman–Crippen MR) is 38.6 cm³/mol. The van der Waals surface area contributed by atoms with E-state index in [0.29, 0.717) is 0 Å². The van der Waals surface area contributed by atoms with Crippen LogP contribution in [0.3, 0.4) is 0 Å². The molecule has 1 rings (SSSR count). The third kappa shape index (κ3) is 4.08. The molecule has 0 bridgehead atoms. The molecule has 0 aliphatic carbocycles. The molecule has 9 heavy (non-hydrogen) atoms. The molecule has 1 aromatic rings. The Morgan fingerprint density at radius 2 is 2.22 bits per heavy atom. The fraction of sp³-hybridized carbons (Fsp3) is 0. The Hall–Kier alpha value is 0.616. The monoisotopic (exact) mass is 213 g/mol. The summed E-state index contributed by atoms with van der Waals surface area (Å²) in [6.07, 6.45) is 1.10. The standard InChI is InChI=1S/C5H4NS.BrH.Mg/c6-4-5-2-1-3-7-5;;/h1-4H;1H;/q-1;;+2/p-1. The molecule has 1 aromatic heterocycles. The zero-order valence-electron chi connectivity index (χ0n) is 4.75. The van der Waals surface area contributed by atoms with Gasteiger partial charge in [0.15, 0.2) is 0 Å². The summed E-state index contributed by atoms with van der Waals surface area (Å²) in [5.41, 5.74) is 0. The summed E-state index contributed by atoms with van der Waals surface area (Å²) in [4.78, 5) is 0.903. The Balaban J connectivity index is 0. The first-order valence-electron chi connectivity index (χ1n) is 1.94. The zero-order chi connectivity index (χ0) is 5.11. The second-order valence-corrected chi connectivity index (χ2v) is 2.12. The Bertz CT molecular complexity index is 152. The minimum atomic E-state index is 0. The van der Waals surface area contributed by atoms with Crippen LogP contribution < -0.4 is 17.0 Å². The molecule has 1 nitrogen and oxygen atoms in total. The van der Waals surface area contributed by atoms with Gasteiger partial charge in [0.05, 0.1) is 0 Å². The van der Waals surface area contributed by atoms with Crippen LogP contribution in [-0.2, 0) is 0 Å². The molecule has 0 atom stereocenters.